The second kappa shape index (κ2) is 5.77. The molecule has 0 heterocycles. The predicted octanol–water partition coefficient (Wildman–Crippen LogP) is 2.80. The van der Waals surface area contributed by atoms with Gasteiger partial charge in [-0.05, 0) is 0 Å². The molecule has 88 valence electrons. The molecule has 3 heteroatoms. The molecule has 16 heavy (non-hydrogen) atoms. The summed E-state index contributed by atoms with van der Waals surface area (Å²) in [6, 6.07) is 10.3. The van der Waals surface area contributed by atoms with Gasteiger partial charge in [0, 0.05) is 0 Å². The fourth-order valence-electron chi connectivity index (χ4n) is 1.67. The van der Waals surface area contributed by atoms with Crippen molar-refractivity contribution < 1.29 is 9.53 Å². The molecule has 0 aliphatic heterocycles. The Morgan fingerprint density at radius 3 is 2.31 bits per heavy atom. The molecule has 1 atom stereocenters. The number of benzene rings is 1. The first kappa shape index (κ1) is 13.6. The number of methoxy groups -OCH3 is 1. The van der Waals surface area contributed by atoms with Crippen LogP contribution in [0.25, 0.3) is 0 Å². The van der Waals surface area contributed by atoms with Gasteiger partial charge in [0.1, 0.15) is 0 Å². The molecule has 2 nitrogen and oxygen atoms in total. The second-order valence-corrected chi connectivity index (χ2v) is 15.1. The Kier molecular flexibility index (Phi) is 4.92. The minimum absolute atomic E-state index is 0.0453. The third kappa shape index (κ3) is 3.04. The van der Waals surface area contributed by atoms with Gasteiger partial charge in [0.2, 0.25) is 0 Å². The van der Waals surface area contributed by atoms with E-state index >= 15 is 0 Å². The Morgan fingerprint density at radius 1 is 1.31 bits per heavy atom. The molecule has 0 aliphatic rings. The summed E-state index contributed by atoms with van der Waals surface area (Å²) in [7, 11) is 1.46. The zero-order valence-electron chi connectivity index (χ0n) is 10.4. The first-order valence-electron chi connectivity index (χ1n) is 5.30. The van der Waals surface area contributed by atoms with E-state index < -0.39 is 21.8 Å². The molecule has 0 radical (unpaired) electrons. The van der Waals surface area contributed by atoms with Gasteiger partial charge in [-0.3, -0.25) is 0 Å². The molecule has 0 fully saturated rings. The first-order valence-corrected chi connectivity index (χ1v) is 14.0. The molecule has 0 saturated carbocycles. The predicted molar refractivity (Wildman–Crippen MR) is 67.9 cm³/mol. The maximum absolute atomic E-state index is 11.5. The van der Waals surface area contributed by atoms with E-state index in [1.54, 1.807) is 0 Å². The summed E-state index contributed by atoms with van der Waals surface area (Å²) < 4.78 is 9.53. The van der Waals surface area contributed by atoms with Crippen LogP contribution >= 0.6 is 0 Å². The fraction of sp³-hybridized carbons (Fsp3) is 0.462. The van der Waals surface area contributed by atoms with E-state index in [1.165, 1.54) is 12.7 Å². The third-order valence-corrected chi connectivity index (χ3v) is 12.4. The van der Waals surface area contributed by atoms with Gasteiger partial charge in [0.15, 0.2) is 0 Å². The molecule has 0 amide bonds. The average Bonchev–Trinajstić information content (AvgIpc) is 2.29. The third-order valence-electron chi connectivity index (χ3n) is 3.10. The van der Waals surface area contributed by atoms with Crippen LogP contribution in [0.2, 0.25) is 9.26 Å². The van der Waals surface area contributed by atoms with Crippen molar-refractivity contribution in [2.45, 2.75) is 25.7 Å². The van der Waals surface area contributed by atoms with E-state index in [9.17, 15) is 4.79 Å². The molecular weight excluding hydrogens is 397 g/mol. The summed E-state index contributed by atoms with van der Waals surface area (Å²) in [5.74, 6) is -0.102. The van der Waals surface area contributed by atoms with Crippen LogP contribution in [0.4, 0.5) is 0 Å². The molecule has 0 bridgehead atoms. The van der Waals surface area contributed by atoms with Crippen LogP contribution in [-0.4, -0.2) is 34.8 Å². The van der Waals surface area contributed by atoms with Crippen molar-refractivity contribution >= 4 is 27.7 Å². The number of hydrogen-bond donors (Lipinski definition) is 0. The van der Waals surface area contributed by atoms with Crippen molar-refractivity contribution in [1.29, 1.82) is 0 Å². The average molecular weight is 416 g/mol. The number of rotatable bonds is 4. The van der Waals surface area contributed by atoms with E-state index in [1.807, 2.05) is 18.2 Å². The van der Waals surface area contributed by atoms with E-state index in [2.05, 4.69) is 28.3 Å². The van der Waals surface area contributed by atoms with Gasteiger partial charge in [-0.25, -0.2) is 0 Å². The Morgan fingerprint density at radius 2 is 1.88 bits per heavy atom. The normalized spacial score (nSPS) is 14.6. The molecule has 1 aromatic rings. The van der Waals surface area contributed by atoms with Crippen molar-refractivity contribution in [2.24, 2.45) is 0 Å². The van der Waals surface area contributed by atoms with Gasteiger partial charge in [0.25, 0.3) is 0 Å². The number of carbonyl (C=O) groups excluding carboxylic acids is 1. The summed E-state index contributed by atoms with van der Waals surface area (Å²) in [5, 5.41) is 0. The van der Waals surface area contributed by atoms with Crippen LogP contribution in [-0.2, 0) is 12.7 Å². The topological polar surface area (TPSA) is 26.3 Å². The van der Waals surface area contributed by atoms with Crippen LogP contribution in [0.1, 0.15) is 18.9 Å². The Bertz CT molecular complexity index is 348. The fourth-order valence-corrected chi connectivity index (χ4v) is 5.99. The standard InChI is InChI=1S/C11H13O2.2CH3.Bi/c1-9(8-11(12)13-2)10-6-4-3-5-7-10;;;/h3-7H,8H2,1-2H3;2*1H3;. The molecule has 0 aliphatic carbocycles. The van der Waals surface area contributed by atoms with E-state index in [-0.39, 0.29) is 9.09 Å². The Balaban J connectivity index is 3.02. The van der Waals surface area contributed by atoms with Crippen LogP contribution in [0.3, 0.4) is 0 Å². The van der Waals surface area contributed by atoms with Crippen LogP contribution < -0.4 is 0 Å². The van der Waals surface area contributed by atoms with Gasteiger partial charge >= 0.3 is 106 Å². The van der Waals surface area contributed by atoms with E-state index in [0.29, 0.717) is 6.42 Å². The number of hydrogen-bond acceptors (Lipinski definition) is 2. The van der Waals surface area contributed by atoms with Crippen LogP contribution in [0.15, 0.2) is 30.3 Å². The summed E-state index contributed by atoms with van der Waals surface area (Å²) in [5.41, 5.74) is 1.28. The van der Waals surface area contributed by atoms with Crippen molar-refractivity contribution in [1.82, 2.24) is 0 Å². The monoisotopic (exact) mass is 416 g/mol. The summed E-state index contributed by atoms with van der Waals surface area (Å²) in [6.07, 6.45) is 0.512. The van der Waals surface area contributed by atoms with Gasteiger partial charge < -0.3 is 0 Å². The second-order valence-electron chi connectivity index (χ2n) is 4.29. The first-order chi connectivity index (χ1) is 7.50. The molecule has 0 N–H and O–H groups in total. The van der Waals surface area contributed by atoms with Crippen LogP contribution in [0.5, 0.6) is 0 Å². The van der Waals surface area contributed by atoms with Crippen molar-refractivity contribution in [3.05, 3.63) is 35.9 Å². The molecule has 0 spiro atoms. The number of carbonyl (C=O) groups is 1. The summed E-state index contributed by atoms with van der Waals surface area (Å²) in [4.78, 5) is 11.5. The van der Waals surface area contributed by atoms with Crippen molar-refractivity contribution in [3.63, 3.8) is 0 Å². The van der Waals surface area contributed by atoms with E-state index in [0.717, 1.165) is 0 Å². The Hall–Kier alpha value is -0.427. The SMILES string of the molecule is COC(=O)C[C](C)(c1ccccc1)[Bi]([CH3])[CH3]. The Labute approximate surface area is 106 Å². The molecule has 0 saturated heterocycles. The quantitative estimate of drug-likeness (QED) is 0.558. The molecule has 1 rings (SSSR count). The summed E-state index contributed by atoms with van der Waals surface area (Å²) in [6.45, 7) is 2.21. The molecular formula is C13H19BiO2. The number of esters is 1. The number of ether oxygens (including phenoxy) is 1. The molecule has 1 unspecified atom stereocenters. The van der Waals surface area contributed by atoms with Gasteiger partial charge in [-0.1, -0.05) is 0 Å². The zero-order chi connectivity index (χ0) is 12.2. The van der Waals surface area contributed by atoms with Crippen LogP contribution in [0, 0.1) is 0 Å². The van der Waals surface area contributed by atoms with Crippen molar-refractivity contribution in [3.8, 4) is 0 Å². The van der Waals surface area contributed by atoms with Gasteiger partial charge in [-0.2, -0.15) is 0 Å². The maximum atomic E-state index is 11.5. The molecule has 1 aromatic carbocycles. The summed E-state index contributed by atoms with van der Waals surface area (Å²) >= 11 is -1.64. The zero-order valence-corrected chi connectivity index (χ0v) is 13.8. The van der Waals surface area contributed by atoms with Crippen molar-refractivity contribution in [2.75, 3.05) is 7.11 Å². The molecule has 0 aromatic heterocycles. The minimum atomic E-state index is -1.64. The van der Waals surface area contributed by atoms with E-state index in [4.69, 9.17) is 4.74 Å². The van der Waals surface area contributed by atoms with Gasteiger partial charge in [-0.15, -0.1) is 0 Å². The van der Waals surface area contributed by atoms with Gasteiger partial charge in [0.05, 0.1) is 0 Å².